The topological polar surface area (TPSA) is 51.1 Å². The Kier molecular flexibility index (Phi) is 4.46. The summed E-state index contributed by atoms with van der Waals surface area (Å²) in [6.45, 7) is 5.78. The third-order valence-corrected chi connectivity index (χ3v) is 4.93. The molecule has 0 saturated carbocycles. The molecule has 1 saturated heterocycles. The van der Waals surface area contributed by atoms with Gasteiger partial charge < -0.3 is 9.64 Å². The summed E-state index contributed by atoms with van der Waals surface area (Å²) in [6, 6.07) is 6.08. The summed E-state index contributed by atoms with van der Waals surface area (Å²) in [4.78, 5) is 16.0. The van der Waals surface area contributed by atoms with E-state index in [1.807, 2.05) is 24.5 Å². The Labute approximate surface area is 151 Å². The Hall–Kier alpha value is -2.31. The van der Waals surface area contributed by atoms with Gasteiger partial charge >= 0.3 is 0 Å². The van der Waals surface area contributed by atoms with Crippen molar-refractivity contribution in [2.75, 3.05) is 18.0 Å². The van der Waals surface area contributed by atoms with Crippen LogP contribution in [0.3, 0.4) is 0 Å². The molecule has 0 bridgehead atoms. The van der Waals surface area contributed by atoms with E-state index in [1.165, 1.54) is 0 Å². The molecule has 0 radical (unpaired) electrons. The van der Waals surface area contributed by atoms with Gasteiger partial charge in [-0.05, 0) is 48.4 Å². The monoisotopic (exact) mass is 352 g/mol. The van der Waals surface area contributed by atoms with Crippen molar-refractivity contribution >= 4 is 17.3 Å². The van der Waals surface area contributed by atoms with E-state index in [1.54, 1.807) is 17.5 Å². The summed E-state index contributed by atoms with van der Waals surface area (Å²) in [5, 5.41) is 4.19. The lowest BCUT2D eigenvalue weighted by atomic mass is 10.0. The van der Waals surface area contributed by atoms with Gasteiger partial charge in [0.1, 0.15) is 0 Å². The van der Waals surface area contributed by atoms with Crippen LogP contribution >= 0.6 is 11.3 Å². The Balaban J connectivity index is 1.78. The van der Waals surface area contributed by atoms with Crippen LogP contribution in [-0.2, 0) is 4.74 Å². The summed E-state index contributed by atoms with van der Waals surface area (Å²) in [5.74, 6) is 0.750. The van der Waals surface area contributed by atoms with Crippen molar-refractivity contribution in [3.05, 3.63) is 47.5 Å². The highest BCUT2D eigenvalue weighted by Crippen LogP contribution is 2.32. The van der Waals surface area contributed by atoms with Crippen molar-refractivity contribution in [3.63, 3.8) is 0 Å². The fourth-order valence-electron chi connectivity index (χ4n) is 3.22. The predicted octanol–water partition coefficient (Wildman–Crippen LogP) is 3.88. The Morgan fingerprint density at radius 3 is 2.64 bits per heavy atom. The summed E-state index contributed by atoms with van der Waals surface area (Å²) in [7, 11) is 0. The van der Waals surface area contributed by atoms with Crippen LogP contribution in [0.5, 0.6) is 0 Å². The van der Waals surface area contributed by atoms with Gasteiger partial charge in [0.05, 0.1) is 17.9 Å². The van der Waals surface area contributed by atoms with E-state index in [4.69, 9.17) is 9.72 Å². The molecule has 1 aliphatic heterocycles. The number of ether oxygens (including phenoxy) is 1. The van der Waals surface area contributed by atoms with Crippen LogP contribution in [0.2, 0.25) is 0 Å². The first kappa shape index (κ1) is 16.2. The second-order valence-electron chi connectivity index (χ2n) is 6.35. The molecule has 0 N–H and O–H groups in total. The lowest BCUT2D eigenvalue weighted by molar-refractivity contribution is -0.00571. The lowest BCUT2D eigenvalue weighted by Gasteiger charge is -2.35. The first-order valence-corrected chi connectivity index (χ1v) is 9.35. The molecule has 3 aromatic heterocycles. The molecule has 25 heavy (non-hydrogen) atoms. The molecule has 0 unspecified atom stereocenters. The Bertz CT molecular complexity index is 828. The van der Waals surface area contributed by atoms with Crippen LogP contribution in [0, 0.1) is 0 Å². The zero-order valence-electron chi connectivity index (χ0n) is 14.3. The van der Waals surface area contributed by atoms with Gasteiger partial charge in [-0.25, -0.2) is 9.97 Å². The van der Waals surface area contributed by atoms with E-state index in [2.05, 4.69) is 45.5 Å². The van der Waals surface area contributed by atoms with Gasteiger partial charge in [-0.1, -0.05) is 0 Å². The summed E-state index contributed by atoms with van der Waals surface area (Å²) >= 11 is 1.67. The molecule has 2 atom stereocenters. The Morgan fingerprint density at radius 2 is 1.96 bits per heavy atom. The van der Waals surface area contributed by atoms with Crippen molar-refractivity contribution in [3.8, 4) is 22.4 Å². The average Bonchev–Trinajstić information content (AvgIpc) is 3.16. The van der Waals surface area contributed by atoms with Crippen LogP contribution in [0.25, 0.3) is 22.4 Å². The number of pyridine rings is 1. The van der Waals surface area contributed by atoms with Crippen LogP contribution < -0.4 is 4.90 Å². The van der Waals surface area contributed by atoms with Gasteiger partial charge in [0.2, 0.25) is 5.95 Å². The summed E-state index contributed by atoms with van der Waals surface area (Å²) in [5.41, 5.74) is 4.09. The normalized spacial score (nSPS) is 20.6. The first-order valence-electron chi connectivity index (χ1n) is 8.41. The van der Waals surface area contributed by atoms with Gasteiger partial charge in [-0.2, -0.15) is 11.3 Å². The first-order chi connectivity index (χ1) is 12.2. The van der Waals surface area contributed by atoms with E-state index < -0.39 is 0 Å². The number of hydrogen-bond donors (Lipinski definition) is 0. The van der Waals surface area contributed by atoms with Crippen molar-refractivity contribution in [2.45, 2.75) is 26.1 Å². The quantitative estimate of drug-likeness (QED) is 0.716. The number of rotatable bonds is 3. The van der Waals surface area contributed by atoms with Gasteiger partial charge in [0.25, 0.3) is 0 Å². The zero-order valence-corrected chi connectivity index (χ0v) is 15.1. The molecule has 0 aliphatic carbocycles. The van der Waals surface area contributed by atoms with Crippen LogP contribution in [0.15, 0.2) is 47.5 Å². The second kappa shape index (κ2) is 6.90. The van der Waals surface area contributed by atoms with Crippen molar-refractivity contribution in [2.24, 2.45) is 0 Å². The molecule has 128 valence electrons. The van der Waals surface area contributed by atoms with Gasteiger partial charge in [0, 0.05) is 42.8 Å². The van der Waals surface area contributed by atoms with Crippen LogP contribution in [0.4, 0.5) is 5.95 Å². The summed E-state index contributed by atoms with van der Waals surface area (Å²) in [6.07, 6.45) is 5.90. The summed E-state index contributed by atoms with van der Waals surface area (Å²) < 4.78 is 5.83. The smallest absolute Gasteiger partial charge is 0.226 e. The number of morpholine rings is 1. The zero-order chi connectivity index (χ0) is 17.2. The lowest BCUT2D eigenvalue weighted by Crippen LogP contribution is -2.46. The van der Waals surface area contributed by atoms with E-state index >= 15 is 0 Å². The van der Waals surface area contributed by atoms with Crippen LogP contribution in [-0.4, -0.2) is 40.2 Å². The molecule has 3 aromatic rings. The van der Waals surface area contributed by atoms with Gasteiger partial charge in [-0.3, -0.25) is 4.98 Å². The standard InChI is InChI=1S/C19H20N4OS/c1-13-10-23(11-14(2)24-13)19-21-9-17(16-5-7-25-12-16)18(22-19)15-4-3-6-20-8-15/h3-9,12-14H,10-11H2,1-2H3/t13-,14+. The van der Waals surface area contributed by atoms with Crippen molar-refractivity contribution in [1.82, 2.24) is 15.0 Å². The van der Waals surface area contributed by atoms with E-state index in [0.29, 0.717) is 0 Å². The molecule has 6 heteroatoms. The predicted molar refractivity (Wildman–Crippen MR) is 101 cm³/mol. The number of nitrogens with zero attached hydrogens (tertiary/aromatic N) is 4. The molecule has 0 amide bonds. The fraction of sp³-hybridized carbons (Fsp3) is 0.316. The maximum atomic E-state index is 5.83. The van der Waals surface area contributed by atoms with Gasteiger partial charge in [0.15, 0.2) is 0 Å². The minimum absolute atomic E-state index is 0.172. The molecule has 5 nitrogen and oxygen atoms in total. The van der Waals surface area contributed by atoms with Gasteiger partial charge in [-0.15, -0.1) is 0 Å². The minimum atomic E-state index is 0.172. The highest BCUT2D eigenvalue weighted by atomic mass is 32.1. The van der Waals surface area contributed by atoms with E-state index in [9.17, 15) is 0 Å². The van der Waals surface area contributed by atoms with Crippen molar-refractivity contribution < 1.29 is 4.74 Å². The number of aromatic nitrogens is 3. The molecule has 4 rings (SSSR count). The van der Waals surface area contributed by atoms with E-state index in [-0.39, 0.29) is 12.2 Å². The highest BCUT2D eigenvalue weighted by molar-refractivity contribution is 7.08. The second-order valence-corrected chi connectivity index (χ2v) is 7.13. The average molecular weight is 352 g/mol. The molecule has 0 spiro atoms. The third-order valence-electron chi connectivity index (χ3n) is 4.25. The molecular weight excluding hydrogens is 332 g/mol. The maximum absolute atomic E-state index is 5.83. The number of hydrogen-bond acceptors (Lipinski definition) is 6. The fourth-order valence-corrected chi connectivity index (χ4v) is 3.87. The molecule has 1 aliphatic rings. The van der Waals surface area contributed by atoms with E-state index in [0.717, 1.165) is 41.4 Å². The molecular formula is C19H20N4OS. The Morgan fingerprint density at radius 1 is 1.12 bits per heavy atom. The number of anilines is 1. The highest BCUT2D eigenvalue weighted by Gasteiger charge is 2.25. The third kappa shape index (κ3) is 3.41. The maximum Gasteiger partial charge on any atom is 0.226 e. The SMILES string of the molecule is C[C@@H]1CN(c2ncc(-c3ccsc3)c(-c3cccnc3)n2)C[C@H](C)O1. The molecule has 0 aromatic carbocycles. The molecule has 1 fully saturated rings. The van der Waals surface area contributed by atoms with Crippen LogP contribution in [0.1, 0.15) is 13.8 Å². The van der Waals surface area contributed by atoms with Crippen molar-refractivity contribution in [1.29, 1.82) is 0 Å². The number of thiophene rings is 1. The minimum Gasteiger partial charge on any atom is -0.372 e. The largest absolute Gasteiger partial charge is 0.372 e. The molecule has 4 heterocycles.